The molecule has 0 radical (unpaired) electrons. The Morgan fingerprint density at radius 1 is 0.234 bits per heavy atom. The second kappa shape index (κ2) is 55.0. The summed E-state index contributed by atoms with van der Waals surface area (Å²) in [5.74, 6) is 0. The molecule has 286 valence electrons. The smallest absolute Gasteiger partial charge is 0.0431 e. The highest BCUT2D eigenvalue weighted by Gasteiger charge is 1.94. The Morgan fingerprint density at radius 2 is 0.404 bits per heavy atom. The Kier molecular flexibility index (Phi) is 59.7. The molecule has 3 heteroatoms. The summed E-state index contributed by atoms with van der Waals surface area (Å²) in [5, 5.41) is 25.8. The predicted octanol–water partition coefficient (Wildman–Crippen LogP) is 14.6. The van der Waals surface area contributed by atoms with Gasteiger partial charge in [0.2, 0.25) is 0 Å². The molecule has 0 aliphatic rings. The third-order valence-electron chi connectivity index (χ3n) is 9.19. The maximum absolute atomic E-state index is 8.66. The number of unbranched alkanes of at least 4 members (excludes halogenated alkanes) is 32. The van der Waals surface area contributed by atoms with Gasteiger partial charge in [-0.25, -0.2) is 0 Å². The van der Waals surface area contributed by atoms with E-state index in [-0.39, 0.29) is 0 Å². The van der Waals surface area contributed by atoms with E-state index in [1.165, 1.54) is 212 Å². The van der Waals surface area contributed by atoms with Crippen molar-refractivity contribution in [3.8, 4) is 0 Å². The Balaban J connectivity index is -0.000000631. The van der Waals surface area contributed by atoms with E-state index in [9.17, 15) is 0 Å². The molecule has 0 saturated heterocycles. The molecule has 0 aliphatic carbocycles. The summed E-state index contributed by atoms with van der Waals surface area (Å²) in [5.41, 5.74) is 0. The molecule has 47 heavy (non-hydrogen) atoms. The summed E-state index contributed by atoms with van der Waals surface area (Å²) in [4.78, 5) is 0. The van der Waals surface area contributed by atoms with Crippen LogP contribution in [0.5, 0.6) is 0 Å². The van der Waals surface area contributed by atoms with Crippen molar-refractivity contribution in [2.45, 2.75) is 252 Å². The molecule has 0 spiro atoms. The molecule has 0 fully saturated rings. The van der Waals surface area contributed by atoms with Gasteiger partial charge in [-0.15, -0.1) is 0 Å². The van der Waals surface area contributed by atoms with Gasteiger partial charge in [0.15, 0.2) is 0 Å². The summed E-state index contributed by atoms with van der Waals surface area (Å²) in [7, 11) is 0. The maximum atomic E-state index is 8.66. The molecule has 3 nitrogen and oxygen atoms in total. The Bertz CT molecular complexity index is 471. The van der Waals surface area contributed by atoms with E-state index in [4.69, 9.17) is 15.3 Å². The molecule has 0 atom stereocenters. The molecule has 3 N–H and O–H groups in total. The van der Waals surface area contributed by atoms with Crippen LogP contribution in [-0.2, 0) is 0 Å². The first kappa shape index (κ1) is 51.0. The highest BCUT2D eigenvalue weighted by molar-refractivity contribution is 4.81. The van der Waals surface area contributed by atoms with E-state index >= 15 is 0 Å². The van der Waals surface area contributed by atoms with Crippen molar-refractivity contribution >= 4 is 0 Å². The van der Waals surface area contributed by atoms with Crippen LogP contribution in [-0.4, -0.2) is 35.1 Å². The van der Waals surface area contributed by atoms with Gasteiger partial charge in [0.25, 0.3) is 0 Å². The standard InChI is InChI=1S/C18H36O.C14H30O.C12H26O/c1-2-3-4-5-6-7-8-9-10-11-12-13-14-15-16-17-18-19;1-2-3-4-5-6-7-8-9-10-11-12-13-14-15;1-2-3-4-5-6-7-8-9-10-11-12-13/h9-10,19H,2-8,11-18H2,1H3;15H,2-14H2,1H3;13H,2-12H2,1H3/b10-9-;;. The van der Waals surface area contributed by atoms with Crippen LogP contribution in [0.25, 0.3) is 0 Å². The van der Waals surface area contributed by atoms with Crippen LogP contribution < -0.4 is 0 Å². The van der Waals surface area contributed by atoms with Crippen LogP contribution >= 0.6 is 0 Å². The molecule has 0 saturated carbocycles. The van der Waals surface area contributed by atoms with E-state index in [0.717, 1.165) is 19.3 Å². The van der Waals surface area contributed by atoms with Crippen LogP contribution in [0.1, 0.15) is 252 Å². The fraction of sp³-hybridized carbons (Fsp3) is 0.955. The highest BCUT2D eigenvalue weighted by Crippen LogP contribution is 2.13. The number of aliphatic hydroxyl groups is 3. The lowest BCUT2D eigenvalue weighted by molar-refractivity contribution is 0.282. The quantitative estimate of drug-likeness (QED) is 0.0456. The maximum Gasteiger partial charge on any atom is 0.0431 e. The van der Waals surface area contributed by atoms with E-state index in [2.05, 4.69) is 32.9 Å². The normalized spacial score (nSPS) is 11.0. The number of allylic oxidation sites excluding steroid dienone is 2. The van der Waals surface area contributed by atoms with Crippen molar-refractivity contribution in [2.75, 3.05) is 19.8 Å². The van der Waals surface area contributed by atoms with Crippen molar-refractivity contribution in [1.82, 2.24) is 0 Å². The van der Waals surface area contributed by atoms with Crippen molar-refractivity contribution in [1.29, 1.82) is 0 Å². The van der Waals surface area contributed by atoms with Crippen molar-refractivity contribution < 1.29 is 15.3 Å². The average Bonchev–Trinajstić information content (AvgIpc) is 3.09. The molecule has 0 aromatic carbocycles. The summed E-state index contributed by atoms with van der Waals surface area (Å²) < 4.78 is 0. The SMILES string of the molecule is CCCCCCCC/C=C\CCCCCCCCO.CCCCCCCCCCCCCCO.CCCCCCCCCCCCO. The summed E-state index contributed by atoms with van der Waals surface area (Å²) in [6.07, 6.45) is 52.8. The third-order valence-corrected chi connectivity index (χ3v) is 9.19. The Labute approximate surface area is 298 Å². The fourth-order valence-electron chi connectivity index (χ4n) is 5.91. The minimum atomic E-state index is 0.362. The molecule has 0 bridgehead atoms. The zero-order valence-electron chi connectivity index (χ0n) is 33.1. The Hall–Kier alpha value is -0.380. The lowest BCUT2D eigenvalue weighted by atomic mass is 10.1. The van der Waals surface area contributed by atoms with Crippen LogP contribution in [0.2, 0.25) is 0 Å². The van der Waals surface area contributed by atoms with Crippen molar-refractivity contribution in [3.05, 3.63) is 12.2 Å². The van der Waals surface area contributed by atoms with Gasteiger partial charge >= 0.3 is 0 Å². The van der Waals surface area contributed by atoms with E-state index in [1.807, 2.05) is 0 Å². The molecule has 0 unspecified atom stereocenters. The fourth-order valence-corrected chi connectivity index (χ4v) is 5.91. The molecule has 0 rings (SSSR count). The van der Waals surface area contributed by atoms with Gasteiger partial charge < -0.3 is 15.3 Å². The zero-order chi connectivity index (χ0) is 35.0. The van der Waals surface area contributed by atoms with E-state index < -0.39 is 0 Å². The van der Waals surface area contributed by atoms with Crippen LogP contribution in [0.3, 0.4) is 0 Å². The first-order valence-electron chi connectivity index (χ1n) is 21.7. The number of aliphatic hydroxyl groups excluding tert-OH is 3. The van der Waals surface area contributed by atoms with Crippen LogP contribution in [0.15, 0.2) is 12.2 Å². The Morgan fingerprint density at radius 3 is 0.596 bits per heavy atom. The summed E-state index contributed by atoms with van der Waals surface area (Å²) in [6.45, 7) is 7.91. The second-order valence-corrected chi connectivity index (χ2v) is 14.2. The lowest BCUT2D eigenvalue weighted by Gasteiger charge is -2.01. The number of hydrogen-bond acceptors (Lipinski definition) is 3. The number of hydrogen-bond donors (Lipinski definition) is 3. The van der Waals surface area contributed by atoms with Gasteiger partial charge in [-0.3, -0.25) is 0 Å². The lowest BCUT2D eigenvalue weighted by Crippen LogP contribution is -1.84. The first-order chi connectivity index (χ1) is 23.2. The molecule has 0 aliphatic heterocycles. The van der Waals surface area contributed by atoms with Gasteiger partial charge in [-0.2, -0.15) is 0 Å². The van der Waals surface area contributed by atoms with E-state index in [1.54, 1.807) is 0 Å². The zero-order valence-corrected chi connectivity index (χ0v) is 33.1. The van der Waals surface area contributed by atoms with Gasteiger partial charge in [-0.1, -0.05) is 219 Å². The van der Waals surface area contributed by atoms with Crippen molar-refractivity contribution in [2.24, 2.45) is 0 Å². The van der Waals surface area contributed by atoms with Gasteiger partial charge in [0.1, 0.15) is 0 Å². The minimum Gasteiger partial charge on any atom is -0.396 e. The molecule has 0 aromatic heterocycles. The molecule has 0 heterocycles. The second-order valence-electron chi connectivity index (χ2n) is 14.2. The van der Waals surface area contributed by atoms with Gasteiger partial charge in [0.05, 0.1) is 0 Å². The third kappa shape index (κ3) is 61.3. The topological polar surface area (TPSA) is 60.7 Å². The average molecular weight is 669 g/mol. The molecular formula is C44H92O3. The molecule has 0 aromatic rings. The van der Waals surface area contributed by atoms with Crippen molar-refractivity contribution in [3.63, 3.8) is 0 Å². The minimum absolute atomic E-state index is 0.362. The van der Waals surface area contributed by atoms with Crippen LogP contribution in [0, 0.1) is 0 Å². The molecular weight excluding hydrogens is 576 g/mol. The molecule has 0 amide bonds. The summed E-state index contributed by atoms with van der Waals surface area (Å²) >= 11 is 0. The highest BCUT2D eigenvalue weighted by atomic mass is 16.3. The van der Waals surface area contributed by atoms with Gasteiger partial charge in [0, 0.05) is 19.8 Å². The summed E-state index contributed by atoms with van der Waals surface area (Å²) in [6, 6.07) is 0. The van der Waals surface area contributed by atoms with Gasteiger partial charge in [-0.05, 0) is 44.9 Å². The number of rotatable bonds is 37. The van der Waals surface area contributed by atoms with E-state index in [0.29, 0.717) is 19.8 Å². The predicted molar refractivity (Wildman–Crippen MR) is 214 cm³/mol. The largest absolute Gasteiger partial charge is 0.396 e. The van der Waals surface area contributed by atoms with Crippen LogP contribution in [0.4, 0.5) is 0 Å². The first-order valence-corrected chi connectivity index (χ1v) is 21.7. The monoisotopic (exact) mass is 669 g/mol.